The quantitative estimate of drug-likeness (QED) is 0.564. The van der Waals surface area contributed by atoms with E-state index >= 15 is 0 Å². The number of para-hydroxylation sites is 1. The average Bonchev–Trinajstić information content (AvgIpc) is 3.73. The molecule has 6 rings (SSSR count). The Morgan fingerprint density at radius 2 is 1.95 bits per heavy atom. The standard InChI is InChI=1S/C28H28N4O5/c1-16(33)29-18-8-9-23-21(14-18)26(34)31-28(37-23)10-12-32(13-11-28)27(35)22-15-24(36-2)20-5-3-4-19(17-6-7-17)25(20)30-22/h3-5,8-9,14-15,17H,6-7,10-13H2,1-2H3,(H,29,33)(H,31,34). The monoisotopic (exact) mass is 500 g/mol. The summed E-state index contributed by atoms with van der Waals surface area (Å²) in [5, 5.41) is 6.58. The van der Waals surface area contributed by atoms with E-state index in [0.717, 1.165) is 23.7 Å². The SMILES string of the molecule is COc1cc(C(=O)N2CCC3(CC2)NC(=O)c2cc(NC(C)=O)ccc2O3)nc2c(C3CC3)cccc12. The van der Waals surface area contributed by atoms with Crippen LogP contribution in [0.1, 0.15) is 64.9 Å². The number of methoxy groups -OCH3 is 1. The van der Waals surface area contributed by atoms with E-state index in [4.69, 9.17) is 14.5 Å². The van der Waals surface area contributed by atoms with Crippen LogP contribution in [0, 0.1) is 0 Å². The highest BCUT2D eigenvalue weighted by molar-refractivity contribution is 6.01. The normalized spacial score (nSPS) is 18.1. The van der Waals surface area contributed by atoms with Crippen molar-refractivity contribution in [2.45, 2.75) is 44.2 Å². The number of fused-ring (bicyclic) bond motifs is 2. The highest BCUT2D eigenvalue weighted by Crippen LogP contribution is 2.44. The molecule has 1 aromatic heterocycles. The summed E-state index contributed by atoms with van der Waals surface area (Å²) >= 11 is 0. The number of carbonyl (C=O) groups excluding carboxylic acids is 3. The summed E-state index contributed by atoms with van der Waals surface area (Å²) in [6.45, 7) is 2.23. The molecule has 0 atom stereocenters. The van der Waals surface area contributed by atoms with Gasteiger partial charge in [0.1, 0.15) is 17.2 Å². The first-order valence-electron chi connectivity index (χ1n) is 12.6. The summed E-state index contributed by atoms with van der Waals surface area (Å²) in [6, 6.07) is 12.8. The predicted octanol–water partition coefficient (Wildman–Crippen LogP) is 3.83. The third kappa shape index (κ3) is 4.24. The minimum atomic E-state index is -0.885. The Morgan fingerprint density at radius 1 is 1.16 bits per heavy atom. The number of piperidine rings is 1. The van der Waals surface area contributed by atoms with Crippen LogP contribution in [0.4, 0.5) is 5.69 Å². The van der Waals surface area contributed by atoms with Crippen LogP contribution >= 0.6 is 0 Å². The lowest BCUT2D eigenvalue weighted by Crippen LogP contribution is -2.61. The molecule has 2 aromatic carbocycles. The fraction of sp³-hybridized carbons (Fsp3) is 0.357. The van der Waals surface area contributed by atoms with Crippen LogP contribution in [0.15, 0.2) is 42.5 Å². The van der Waals surface area contributed by atoms with Gasteiger partial charge in [0.15, 0.2) is 5.72 Å². The number of anilines is 1. The van der Waals surface area contributed by atoms with Gasteiger partial charge in [0, 0.05) is 50.0 Å². The highest BCUT2D eigenvalue weighted by atomic mass is 16.5. The second kappa shape index (κ2) is 8.76. The third-order valence-corrected chi connectivity index (χ3v) is 7.34. The van der Waals surface area contributed by atoms with Gasteiger partial charge in [-0.05, 0) is 48.6 Å². The molecular weight excluding hydrogens is 472 g/mol. The van der Waals surface area contributed by atoms with Crippen LogP contribution < -0.4 is 20.1 Å². The van der Waals surface area contributed by atoms with Crippen LogP contribution in [-0.2, 0) is 4.79 Å². The van der Waals surface area contributed by atoms with Gasteiger partial charge in [0.05, 0.1) is 18.2 Å². The zero-order valence-electron chi connectivity index (χ0n) is 20.8. The molecule has 0 unspecified atom stereocenters. The molecule has 9 heteroatoms. The number of nitrogens with zero attached hydrogens (tertiary/aromatic N) is 2. The van der Waals surface area contributed by atoms with Gasteiger partial charge >= 0.3 is 0 Å². The molecule has 1 saturated carbocycles. The number of ether oxygens (including phenoxy) is 2. The Labute approximate surface area is 214 Å². The van der Waals surface area contributed by atoms with Crippen LogP contribution in [-0.4, -0.2) is 53.5 Å². The summed E-state index contributed by atoms with van der Waals surface area (Å²) in [5.41, 5.74) is 2.38. The zero-order chi connectivity index (χ0) is 25.7. The van der Waals surface area contributed by atoms with Crippen molar-refractivity contribution in [2.75, 3.05) is 25.5 Å². The fourth-order valence-corrected chi connectivity index (χ4v) is 5.29. The summed E-state index contributed by atoms with van der Waals surface area (Å²) in [7, 11) is 1.61. The van der Waals surface area contributed by atoms with Gasteiger partial charge in [-0.2, -0.15) is 0 Å². The number of carbonyl (C=O) groups is 3. The summed E-state index contributed by atoms with van der Waals surface area (Å²) < 4.78 is 11.9. The topological polar surface area (TPSA) is 110 Å². The maximum atomic E-state index is 13.5. The van der Waals surface area contributed by atoms with Crippen LogP contribution in [0.5, 0.6) is 11.5 Å². The van der Waals surface area contributed by atoms with Crippen molar-refractivity contribution in [1.82, 2.24) is 15.2 Å². The molecule has 0 radical (unpaired) electrons. The maximum absolute atomic E-state index is 13.5. The number of likely N-dealkylation sites (tertiary alicyclic amines) is 1. The van der Waals surface area contributed by atoms with Gasteiger partial charge < -0.3 is 25.0 Å². The zero-order valence-corrected chi connectivity index (χ0v) is 20.8. The first kappa shape index (κ1) is 23.3. The van der Waals surface area contributed by atoms with E-state index in [1.807, 2.05) is 12.1 Å². The van der Waals surface area contributed by atoms with Crippen molar-refractivity contribution in [3.8, 4) is 11.5 Å². The molecule has 2 aliphatic heterocycles. The molecule has 37 heavy (non-hydrogen) atoms. The van der Waals surface area contributed by atoms with Crippen LogP contribution in [0.3, 0.4) is 0 Å². The van der Waals surface area contributed by atoms with Gasteiger partial charge in [-0.1, -0.05) is 12.1 Å². The highest BCUT2D eigenvalue weighted by Gasteiger charge is 2.43. The Morgan fingerprint density at radius 3 is 2.65 bits per heavy atom. The molecular formula is C28H28N4O5. The molecule has 3 heterocycles. The minimum Gasteiger partial charge on any atom is -0.496 e. The van der Waals surface area contributed by atoms with E-state index in [9.17, 15) is 14.4 Å². The Balaban J connectivity index is 1.21. The number of nitrogens with one attached hydrogen (secondary N) is 2. The lowest BCUT2D eigenvalue weighted by Gasteiger charge is -2.44. The predicted molar refractivity (Wildman–Crippen MR) is 137 cm³/mol. The van der Waals surface area contributed by atoms with E-state index in [1.54, 1.807) is 36.3 Å². The number of hydrogen-bond acceptors (Lipinski definition) is 6. The summed E-state index contributed by atoms with van der Waals surface area (Å²) in [4.78, 5) is 44.3. The average molecular weight is 501 g/mol. The minimum absolute atomic E-state index is 0.164. The molecule has 1 aliphatic carbocycles. The molecule has 9 nitrogen and oxygen atoms in total. The van der Waals surface area contributed by atoms with Gasteiger partial charge in [0.2, 0.25) is 5.91 Å². The molecule has 3 aliphatic rings. The van der Waals surface area contributed by atoms with E-state index in [0.29, 0.717) is 60.3 Å². The number of rotatable bonds is 4. The molecule has 2 fully saturated rings. The molecule has 3 amide bonds. The van der Waals surface area contributed by atoms with Gasteiger partial charge in [0.25, 0.3) is 11.8 Å². The smallest absolute Gasteiger partial charge is 0.272 e. The van der Waals surface area contributed by atoms with Crippen molar-refractivity contribution in [3.05, 3.63) is 59.3 Å². The van der Waals surface area contributed by atoms with Crippen molar-refractivity contribution >= 4 is 34.3 Å². The van der Waals surface area contributed by atoms with Crippen LogP contribution in [0.2, 0.25) is 0 Å². The molecule has 1 saturated heterocycles. The van der Waals surface area contributed by atoms with E-state index in [1.165, 1.54) is 12.5 Å². The number of benzene rings is 2. The molecule has 1 spiro atoms. The number of hydrogen-bond donors (Lipinski definition) is 2. The molecule has 2 N–H and O–H groups in total. The summed E-state index contributed by atoms with van der Waals surface area (Å²) in [5.74, 6) is 0.955. The Hall–Kier alpha value is -4.14. The van der Waals surface area contributed by atoms with Gasteiger partial charge in [-0.15, -0.1) is 0 Å². The molecule has 0 bridgehead atoms. The summed E-state index contributed by atoms with van der Waals surface area (Å²) in [6.07, 6.45) is 3.16. The van der Waals surface area contributed by atoms with E-state index in [-0.39, 0.29) is 17.7 Å². The largest absolute Gasteiger partial charge is 0.496 e. The number of aromatic nitrogens is 1. The van der Waals surface area contributed by atoms with Gasteiger partial charge in [-0.25, -0.2) is 4.98 Å². The van der Waals surface area contributed by atoms with Crippen molar-refractivity contribution < 1.29 is 23.9 Å². The second-order valence-corrected chi connectivity index (χ2v) is 9.96. The first-order valence-corrected chi connectivity index (χ1v) is 12.6. The first-order chi connectivity index (χ1) is 17.9. The van der Waals surface area contributed by atoms with E-state index < -0.39 is 5.72 Å². The lowest BCUT2D eigenvalue weighted by molar-refractivity contribution is -0.114. The van der Waals surface area contributed by atoms with Gasteiger partial charge in [-0.3, -0.25) is 14.4 Å². The number of pyridine rings is 1. The lowest BCUT2D eigenvalue weighted by atomic mass is 9.96. The van der Waals surface area contributed by atoms with Crippen molar-refractivity contribution in [1.29, 1.82) is 0 Å². The molecule has 3 aromatic rings. The maximum Gasteiger partial charge on any atom is 0.272 e. The van der Waals surface area contributed by atoms with Crippen molar-refractivity contribution in [3.63, 3.8) is 0 Å². The third-order valence-electron chi connectivity index (χ3n) is 7.34. The Bertz CT molecular complexity index is 1440. The fourth-order valence-electron chi connectivity index (χ4n) is 5.29. The van der Waals surface area contributed by atoms with E-state index in [2.05, 4.69) is 16.7 Å². The molecule has 190 valence electrons. The van der Waals surface area contributed by atoms with Crippen molar-refractivity contribution in [2.24, 2.45) is 0 Å². The van der Waals surface area contributed by atoms with Crippen LogP contribution in [0.25, 0.3) is 10.9 Å². The second-order valence-electron chi connectivity index (χ2n) is 9.96. The number of amides is 3. The Kier molecular flexibility index (Phi) is 5.51.